The lowest BCUT2D eigenvalue weighted by Crippen LogP contribution is -2.49. The van der Waals surface area contributed by atoms with E-state index >= 15 is 0 Å². The Balaban J connectivity index is 1.03. The van der Waals surface area contributed by atoms with Crippen LogP contribution in [0.2, 0.25) is 0 Å². The molecule has 2 atom stereocenters. The van der Waals surface area contributed by atoms with Crippen molar-refractivity contribution in [3.63, 3.8) is 0 Å². The van der Waals surface area contributed by atoms with Crippen LogP contribution in [0.4, 0.5) is 0 Å². The zero-order chi connectivity index (χ0) is 25.2. The molecular weight excluding hydrogens is 472 g/mol. The van der Waals surface area contributed by atoms with Crippen molar-refractivity contribution in [2.75, 3.05) is 33.0 Å². The van der Waals surface area contributed by atoms with Gasteiger partial charge in [-0.1, -0.05) is 30.3 Å². The van der Waals surface area contributed by atoms with Gasteiger partial charge in [-0.25, -0.2) is 0 Å². The lowest BCUT2D eigenvalue weighted by atomic mass is 9.96. The van der Waals surface area contributed by atoms with Gasteiger partial charge in [0.15, 0.2) is 17.3 Å². The molecule has 196 valence electrons. The maximum atomic E-state index is 13.4. The number of aliphatic hydroxyl groups excluding tert-OH is 1. The fourth-order valence-electron chi connectivity index (χ4n) is 5.28. The number of piperazine rings is 1. The number of hydrogen-bond donors (Lipinski definition) is 1. The zero-order valence-corrected chi connectivity index (χ0v) is 21.0. The molecule has 1 saturated heterocycles. The highest BCUT2D eigenvalue weighted by Crippen LogP contribution is 2.43. The van der Waals surface area contributed by atoms with Gasteiger partial charge in [0.1, 0.15) is 0 Å². The lowest BCUT2D eigenvalue weighted by Gasteiger charge is -2.36. The molecule has 2 aromatic carbocycles. The minimum absolute atomic E-state index is 0.0267. The molecule has 0 spiro atoms. The van der Waals surface area contributed by atoms with E-state index in [2.05, 4.69) is 17.0 Å². The molecule has 0 radical (unpaired) electrons. The van der Waals surface area contributed by atoms with Crippen molar-refractivity contribution < 1.29 is 28.8 Å². The molecule has 3 heterocycles. The molecule has 1 amide bonds. The number of amides is 1. The number of rotatable bonds is 8. The summed E-state index contributed by atoms with van der Waals surface area (Å²) < 4.78 is 23.1. The number of carbonyl (C=O) groups excluding carboxylic acids is 1. The van der Waals surface area contributed by atoms with Crippen LogP contribution in [-0.4, -0.2) is 60.1 Å². The van der Waals surface area contributed by atoms with Crippen LogP contribution in [0.15, 0.2) is 54.3 Å². The highest BCUT2D eigenvalue weighted by molar-refractivity contribution is 5.91. The highest BCUT2D eigenvalue weighted by Gasteiger charge is 2.38. The summed E-state index contributed by atoms with van der Waals surface area (Å²) in [5, 5.41) is 9.24. The van der Waals surface area contributed by atoms with Gasteiger partial charge in [-0.05, 0) is 59.6 Å². The quantitative estimate of drug-likeness (QED) is 0.588. The van der Waals surface area contributed by atoms with E-state index in [0.29, 0.717) is 37.3 Å². The lowest BCUT2D eigenvalue weighted by molar-refractivity contribution is -0.160. The second-order valence-corrected chi connectivity index (χ2v) is 10.4. The molecule has 0 unspecified atom stereocenters. The first kappa shape index (κ1) is 24.3. The van der Waals surface area contributed by atoms with E-state index in [1.165, 1.54) is 18.4 Å². The van der Waals surface area contributed by atoms with Crippen LogP contribution >= 0.6 is 0 Å². The summed E-state index contributed by atoms with van der Waals surface area (Å²) in [6, 6.07) is 13.8. The average molecular weight is 507 g/mol. The Hall–Kier alpha value is -3.07. The number of ether oxygens (including phenoxy) is 4. The maximum Gasteiger partial charge on any atom is 0.288 e. The molecule has 1 aliphatic carbocycles. The molecule has 8 heteroatoms. The van der Waals surface area contributed by atoms with E-state index in [4.69, 9.17) is 18.9 Å². The van der Waals surface area contributed by atoms with Crippen molar-refractivity contribution in [1.29, 1.82) is 0 Å². The third-order valence-corrected chi connectivity index (χ3v) is 7.67. The van der Waals surface area contributed by atoms with Gasteiger partial charge in [-0.3, -0.25) is 9.69 Å². The summed E-state index contributed by atoms with van der Waals surface area (Å²) in [5.74, 6) is 2.95. The Kier molecular flexibility index (Phi) is 7.04. The summed E-state index contributed by atoms with van der Waals surface area (Å²) >= 11 is 0. The van der Waals surface area contributed by atoms with Gasteiger partial charge in [-0.2, -0.15) is 0 Å². The van der Waals surface area contributed by atoms with E-state index < -0.39 is 6.29 Å². The Morgan fingerprint density at radius 1 is 0.946 bits per heavy atom. The number of carbonyl (C=O) groups is 1. The fourth-order valence-corrected chi connectivity index (χ4v) is 5.28. The van der Waals surface area contributed by atoms with Crippen molar-refractivity contribution in [3.8, 4) is 11.5 Å². The van der Waals surface area contributed by atoms with E-state index in [0.717, 1.165) is 48.7 Å². The SMILES string of the molecule is O=C(C1=C[C@@H](C2CC2)C[C@@H](OCc2ccc(CO)cc2)O1)N1CCN(Cc2ccc3c(c2)OCO3)CC1. The van der Waals surface area contributed by atoms with Crippen LogP contribution in [0.1, 0.15) is 36.0 Å². The van der Waals surface area contributed by atoms with Gasteiger partial charge in [0, 0.05) is 39.1 Å². The number of hydrogen-bond acceptors (Lipinski definition) is 7. The summed E-state index contributed by atoms with van der Waals surface area (Å²) in [7, 11) is 0. The van der Waals surface area contributed by atoms with Crippen LogP contribution in [0.25, 0.3) is 0 Å². The molecule has 2 fully saturated rings. The molecule has 1 saturated carbocycles. The van der Waals surface area contributed by atoms with Crippen molar-refractivity contribution in [3.05, 3.63) is 71.0 Å². The average Bonchev–Trinajstić information content (AvgIpc) is 3.69. The van der Waals surface area contributed by atoms with Crippen LogP contribution in [0.5, 0.6) is 11.5 Å². The van der Waals surface area contributed by atoms with Gasteiger partial charge in [0.05, 0.1) is 13.2 Å². The maximum absolute atomic E-state index is 13.4. The number of allylic oxidation sites excluding steroid dienone is 1. The monoisotopic (exact) mass is 506 g/mol. The second kappa shape index (κ2) is 10.7. The standard InChI is InChI=1S/C29H34N2O6/c32-17-20-1-3-21(4-2-20)18-34-28-15-24(23-6-7-23)14-27(37-28)29(33)31-11-9-30(10-12-31)16-22-5-8-25-26(13-22)36-19-35-25/h1-5,8,13-14,23-24,28,32H,6-7,9-12,15-19H2/t24-,28+/m1/s1. The van der Waals surface area contributed by atoms with Crippen LogP contribution in [0.3, 0.4) is 0 Å². The first-order chi connectivity index (χ1) is 18.1. The largest absolute Gasteiger partial charge is 0.459 e. The Labute approximate surface area is 217 Å². The molecule has 37 heavy (non-hydrogen) atoms. The molecule has 2 aromatic rings. The summed E-state index contributed by atoms with van der Waals surface area (Å²) in [4.78, 5) is 17.7. The van der Waals surface area contributed by atoms with Gasteiger partial charge >= 0.3 is 0 Å². The van der Waals surface area contributed by atoms with Crippen molar-refractivity contribution in [2.24, 2.45) is 11.8 Å². The van der Waals surface area contributed by atoms with Crippen LogP contribution < -0.4 is 9.47 Å². The molecule has 6 rings (SSSR count). The highest BCUT2D eigenvalue weighted by atomic mass is 16.7. The van der Waals surface area contributed by atoms with E-state index in [9.17, 15) is 9.90 Å². The first-order valence-electron chi connectivity index (χ1n) is 13.2. The van der Waals surface area contributed by atoms with Gasteiger partial charge in [-0.15, -0.1) is 0 Å². The summed E-state index contributed by atoms with van der Waals surface area (Å²) in [5.41, 5.74) is 3.07. The van der Waals surface area contributed by atoms with Crippen molar-refractivity contribution in [2.45, 2.75) is 45.3 Å². The predicted molar refractivity (Wildman–Crippen MR) is 135 cm³/mol. The van der Waals surface area contributed by atoms with E-state index in [-0.39, 0.29) is 19.3 Å². The second-order valence-electron chi connectivity index (χ2n) is 10.4. The third kappa shape index (κ3) is 5.76. The smallest absolute Gasteiger partial charge is 0.288 e. The first-order valence-corrected chi connectivity index (χ1v) is 13.2. The molecule has 8 nitrogen and oxygen atoms in total. The fraction of sp³-hybridized carbons (Fsp3) is 0.483. The Bertz CT molecular complexity index is 1140. The van der Waals surface area contributed by atoms with Gasteiger partial charge in [0.2, 0.25) is 13.1 Å². The molecular formula is C29H34N2O6. The minimum atomic E-state index is -0.431. The van der Waals surface area contributed by atoms with Crippen molar-refractivity contribution >= 4 is 5.91 Å². The number of aliphatic hydroxyl groups is 1. The number of benzene rings is 2. The molecule has 4 aliphatic rings. The summed E-state index contributed by atoms with van der Waals surface area (Å²) in [6.45, 7) is 4.49. The third-order valence-electron chi connectivity index (χ3n) is 7.67. The zero-order valence-electron chi connectivity index (χ0n) is 21.0. The minimum Gasteiger partial charge on any atom is -0.459 e. The van der Waals surface area contributed by atoms with Crippen LogP contribution in [-0.2, 0) is 34.0 Å². The number of nitrogens with zero attached hydrogens (tertiary/aromatic N) is 2. The van der Waals surface area contributed by atoms with Gasteiger partial charge < -0.3 is 29.0 Å². The normalized spacial score (nSPS) is 23.5. The summed E-state index contributed by atoms with van der Waals surface area (Å²) in [6.07, 6.45) is 4.81. The number of fused-ring (bicyclic) bond motifs is 1. The van der Waals surface area contributed by atoms with Gasteiger partial charge in [0.25, 0.3) is 5.91 Å². The molecule has 1 N–H and O–H groups in total. The topological polar surface area (TPSA) is 80.7 Å². The molecule has 0 bridgehead atoms. The Morgan fingerprint density at radius 3 is 2.43 bits per heavy atom. The molecule has 3 aliphatic heterocycles. The Morgan fingerprint density at radius 2 is 1.68 bits per heavy atom. The van der Waals surface area contributed by atoms with Crippen LogP contribution in [0, 0.1) is 11.8 Å². The van der Waals surface area contributed by atoms with E-state index in [1.54, 1.807) is 0 Å². The molecule has 0 aromatic heterocycles. The van der Waals surface area contributed by atoms with E-state index in [1.807, 2.05) is 41.3 Å². The predicted octanol–water partition coefficient (Wildman–Crippen LogP) is 3.43. The van der Waals surface area contributed by atoms with Crippen molar-refractivity contribution in [1.82, 2.24) is 9.80 Å².